The Morgan fingerprint density at radius 2 is 1.79 bits per heavy atom. The van der Waals surface area contributed by atoms with Crippen LogP contribution in [0, 0.1) is 5.92 Å². The molecule has 0 bridgehead atoms. The molecule has 0 aliphatic carbocycles. The van der Waals surface area contributed by atoms with Gasteiger partial charge in [-0.2, -0.15) is 0 Å². The van der Waals surface area contributed by atoms with Gasteiger partial charge in [0.05, 0.1) is 18.3 Å². The first-order chi connectivity index (χ1) is 18.6. The van der Waals surface area contributed by atoms with Crippen LogP contribution in [0.2, 0.25) is 0 Å². The lowest BCUT2D eigenvalue weighted by Gasteiger charge is -2.39. The van der Waals surface area contributed by atoms with Crippen LogP contribution in [0.4, 0.5) is 4.79 Å². The highest BCUT2D eigenvalue weighted by Gasteiger charge is 2.31. The van der Waals surface area contributed by atoms with Crippen LogP contribution in [0.1, 0.15) is 47.5 Å². The number of carbonyl (C=O) groups excluding carboxylic acids is 2. The summed E-state index contributed by atoms with van der Waals surface area (Å²) in [5.74, 6) is 0.891. The molecule has 0 spiro atoms. The van der Waals surface area contributed by atoms with Crippen LogP contribution < -0.4 is 10.5 Å². The average molecular weight is 513 g/mol. The molecular formula is C29H32N6O3. The van der Waals surface area contributed by atoms with E-state index in [2.05, 4.69) is 21.0 Å². The Labute approximate surface area is 221 Å². The van der Waals surface area contributed by atoms with Gasteiger partial charge in [-0.15, -0.1) is 0 Å². The molecule has 9 heteroatoms. The SMILES string of the molecule is NC(=O)c1ccc(OCC2CCCN(C(=O)N3CCC(c4cnc5ncc6[nH]cccc6c45)CC3)C2)cc1. The van der Waals surface area contributed by atoms with Crippen LogP contribution in [-0.2, 0) is 0 Å². The number of carbonyl (C=O) groups is 2. The number of fused-ring (bicyclic) bond motifs is 3. The summed E-state index contributed by atoms with van der Waals surface area (Å²) in [7, 11) is 0. The number of urea groups is 1. The number of likely N-dealkylation sites (tertiary alicyclic amines) is 2. The summed E-state index contributed by atoms with van der Waals surface area (Å²) in [5, 5.41) is 2.28. The van der Waals surface area contributed by atoms with Crippen molar-refractivity contribution in [1.82, 2.24) is 24.8 Å². The van der Waals surface area contributed by atoms with Gasteiger partial charge in [-0.3, -0.25) is 4.79 Å². The summed E-state index contributed by atoms with van der Waals surface area (Å²) in [5.41, 5.74) is 8.80. The van der Waals surface area contributed by atoms with Crippen LogP contribution in [-0.4, -0.2) is 69.5 Å². The second-order valence-corrected chi connectivity index (χ2v) is 10.4. The second kappa shape index (κ2) is 10.3. The van der Waals surface area contributed by atoms with E-state index in [9.17, 15) is 9.59 Å². The number of benzene rings is 1. The van der Waals surface area contributed by atoms with E-state index in [1.165, 1.54) is 5.56 Å². The molecule has 6 rings (SSSR count). The fourth-order valence-corrected chi connectivity index (χ4v) is 5.86. The number of pyridine rings is 2. The topological polar surface area (TPSA) is 117 Å². The molecule has 5 heterocycles. The Hall–Kier alpha value is -4.14. The average Bonchev–Trinajstić information content (AvgIpc) is 3.41. The third kappa shape index (κ3) is 4.76. The minimum Gasteiger partial charge on any atom is -0.493 e. The largest absolute Gasteiger partial charge is 0.493 e. The lowest BCUT2D eigenvalue weighted by molar-refractivity contribution is 0.1000. The lowest BCUT2D eigenvalue weighted by Crippen LogP contribution is -2.50. The predicted molar refractivity (Wildman–Crippen MR) is 145 cm³/mol. The molecular weight excluding hydrogens is 480 g/mol. The van der Waals surface area contributed by atoms with Crippen LogP contribution in [0.3, 0.4) is 0 Å². The summed E-state index contributed by atoms with van der Waals surface area (Å²) in [6.45, 7) is 3.50. The monoisotopic (exact) mass is 512 g/mol. The molecule has 3 aromatic heterocycles. The number of aromatic amines is 1. The van der Waals surface area contributed by atoms with Crippen LogP contribution in [0.5, 0.6) is 5.75 Å². The van der Waals surface area contributed by atoms with Crippen molar-refractivity contribution in [3.8, 4) is 5.75 Å². The molecule has 3 N–H and O–H groups in total. The Balaban J connectivity index is 1.05. The van der Waals surface area contributed by atoms with Gasteiger partial charge in [0.25, 0.3) is 0 Å². The highest BCUT2D eigenvalue weighted by molar-refractivity contribution is 6.05. The maximum atomic E-state index is 13.4. The van der Waals surface area contributed by atoms with Crippen molar-refractivity contribution in [2.75, 3.05) is 32.8 Å². The smallest absolute Gasteiger partial charge is 0.320 e. The van der Waals surface area contributed by atoms with E-state index in [0.717, 1.165) is 67.3 Å². The Morgan fingerprint density at radius 1 is 1.00 bits per heavy atom. The Bertz CT molecular complexity index is 1460. The summed E-state index contributed by atoms with van der Waals surface area (Å²) in [4.78, 5) is 41.0. The molecule has 1 atom stereocenters. The first-order valence-electron chi connectivity index (χ1n) is 13.3. The van der Waals surface area contributed by atoms with Gasteiger partial charge >= 0.3 is 6.03 Å². The number of nitrogens with zero attached hydrogens (tertiary/aromatic N) is 4. The van der Waals surface area contributed by atoms with Gasteiger partial charge in [-0.1, -0.05) is 6.07 Å². The number of hydrogen-bond acceptors (Lipinski definition) is 5. The third-order valence-electron chi connectivity index (χ3n) is 7.93. The molecule has 9 nitrogen and oxygen atoms in total. The number of rotatable bonds is 5. The number of primary amides is 1. The van der Waals surface area contributed by atoms with E-state index in [4.69, 9.17) is 10.5 Å². The molecule has 1 aromatic carbocycles. The standard InChI is InChI=1S/C29H32N6O3/c30-27(36)21-5-7-22(8-6-21)38-18-19-3-2-12-35(17-19)29(37)34-13-9-20(10-14-34)24-15-32-28-26(24)23-4-1-11-31-25(23)16-33-28/h1,4-8,11,15-16,19-20,31H,2-3,9-10,12-14,17-18H2,(H2,30,36). The van der Waals surface area contributed by atoms with Crippen molar-refractivity contribution in [3.05, 3.63) is 66.1 Å². The number of piperidine rings is 2. The van der Waals surface area contributed by atoms with Crippen molar-refractivity contribution in [2.45, 2.75) is 31.6 Å². The zero-order valence-electron chi connectivity index (χ0n) is 21.3. The molecule has 2 aliphatic rings. The molecule has 4 aromatic rings. The van der Waals surface area contributed by atoms with Gasteiger partial charge in [0, 0.05) is 60.8 Å². The Kier molecular flexibility index (Phi) is 6.57. The number of amides is 3. The Morgan fingerprint density at radius 3 is 2.58 bits per heavy atom. The number of nitrogens with two attached hydrogens (primary N) is 1. The summed E-state index contributed by atoms with van der Waals surface area (Å²) in [6.07, 6.45) is 9.56. The fraction of sp³-hybridized carbons (Fsp3) is 0.379. The molecule has 1 unspecified atom stereocenters. The predicted octanol–water partition coefficient (Wildman–Crippen LogP) is 4.30. The van der Waals surface area contributed by atoms with Crippen molar-refractivity contribution in [2.24, 2.45) is 11.7 Å². The van der Waals surface area contributed by atoms with Crippen LogP contribution >= 0.6 is 0 Å². The first-order valence-corrected chi connectivity index (χ1v) is 13.3. The van der Waals surface area contributed by atoms with Crippen molar-refractivity contribution < 1.29 is 14.3 Å². The van der Waals surface area contributed by atoms with Crippen molar-refractivity contribution in [1.29, 1.82) is 0 Å². The van der Waals surface area contributed by atoms with Crippen molar-refractivity contribution in [3.63, 3.8) is 0 Å². The van der Waals surface area contributed by atoms with E-state index in [-0.39, 0.29) is 11.9 Å². The molecule has 196 valence electrons. The number of H-pyrrole nitrogens is 1. The van der Waals surface area contributed by atoms with Gasteiger partial charge < -0.3 is 25.3 Å². The molecule has 3 amide bonds. The van der Waals surface area contributed by atoms with Crippen molar-refractivity contribution >= 4 is 33.9 Å². The highest BCUT2D eigenvalue weighted by atomic mass is 16.5. The van der Waals surface area contributed by atoms with E-state index in [0.29, 0.717) is 30.4 Å². The minimum absolute atomic E-state index is 0.131. The molecule has 38 heavy (non-hydrogen) atoms. The number of aromatic nitrogens is 3. The quantitative estimate of drug-likeness (QED) is 0.413. The minimum atomic E-state index is -0.453. The number of ether oxygens (including phenoxy) is 1. The van der Waals surface area contributed by atoms with E-state index in [1.807, 2.05) is 34.5 Å². The normalized spacial score (nSPS) is 18.7. The summed E-state index contributed by atoms with van der Waals surface area (Å²) >= 11 is 0. The molecule has 2 fully saturated rings. The van der Waals surface area contributed by atoms with Crippen LogP contribution in [0.15, 0.2) is 55.0 Å². The molecule has 2 aliphatic heterocycles. The van der Waals surface area contributed by atoms with E-state index < -0.39 is 5.91 Å². The maximum absolute atomic E-state index is 13.4. The number of nitrogens with one attached hydrogen (secondary N) is 1. The first kappa shape index (κ1) is 24.2. The summed E-state index contributed by atoms with van der Waals surface area (Å²) < 4.78 is 5.96. The van der Waals surface area contributed by atoms with E-state index >= 15 is 0 Å². The van der Waals surface area contributed by atoms with Crippen LogP contribution in [0.25, 0.3) is 21.9 Å². The van der Waals surface area contributed by atoms with Gasteiger partial charge in [-0.25, -0.2) is 14.8 Å². The highest BCUT2D eigenvalue weighted by Crippen LogP contribution is 2.36. The van der Waals surface area contributed by atoms with Gasteiger partial charge in [0.15, 0.2) is 5.65 Å². The maximum Gasteiger partial charge on any atom is 0.320 e. The second-order valence-electron chi connectivity index (χ2n) is 10.4. The zero-order valence-corrected chi connectivity index (χ0v) is 21.3. The number of hydrogen-bond donors (Lipinski definition) is 2. The molecule has 0 saturated carbocycles. The summed E-state index contributed by atoms with van der Waals surface area (Å²) in [6, 6.07) is 11.1. The molecule has 0 radical (unpaired) electrons. The molecule has 2 saturated heterocycles. The fourth-order valence-electron chi connectivity index (χ4n) is 5.86. The zero-order chi connectivity index (χ0) is 26.1. The van der Waals surface area contributed by atoms with Gasteiger partial charge in [0.1, 0.15) is 5.75 Å². The lowest BCUT2D eigenvalue weighted by atomic mass is 9.88. The third-order valence-corrected chi connectivity index (χ3v) is 7.93. The van der Waals surface area contributed by atoms with Gasteiger partial charge in [-0.05, 0) is 67.5 Å². The van der Waals surface area contributed by atoms with Gasteiger partial charge in [0.2, 0.25) is 5.91 Å². The van der Waals surface area contributed by atoms with E-state index in [1.54, 1.807) is 24.3 Å².